The number of hydrogen-bond acceptors (Lipinski definition) is 2. The molecule has 0 N–H and O–H groups in total. The highest BCUT2D eigenvalue weighted by Gasteiger charge is 2.29. The first kappa shape index (κ1) is 18.9. The summed E-state index contributed by atoms with van der Waals surface area (Å²) in [6.45, 7) is 12.7. The maximum Gasteiger partial charge on any atom is 0.110 e. The van der Waals surface area contributed by atoms with Gasteiger partial charge in [0, 0.05) is 31.2 Å². The molecule has 132 valence electrons. The van der Waals surface area contributed by atoms with Gasteiger partial charge in [-0.25, -0.2) is 4.39 Å². The van der Waals surface area contributed by atoms with E-state index in [0.29, 0.717) is 18.8 Å². The van der Waals surface area contributed by atoms with E-state index in [9.17, 15) is 4.39 Å². The van der Waals surface area contributed by atoms with Gasteiger partial charge in [0.15, 0.2) is 0 Å². The Morgan fingerprint density at radius 3 is 2.42 bits per heavy atom. The normalized spacial score (nSPS) is 17.6. The summed E-state index contributed by atoms with van der Waals surface area (Å²) in [5.74, 6) is 0.418. The van der Waals surface area contributed by atoms with Gasteiger partial charge < -0.3 is 0 Å². The first-order chi connectivity index (χ1) is 11.5. The van der Waals surface area contributed by atoms with Crippen LogP contribution in [0.2, 0.25) is 0 Å². The summed E-state index contributed by atoms with van der Waals surface area (Å²) in [5.41, 5.74) is 1.50. The van der Waals surface area contributed by atoms with Crippen LogP contribution in [0.1, 0.15) is 64.6 Å². The third-order valence-electron chi connectivity index (χ3n) is 4.77. The lowest BCUT2D eigenvalue weighted by atomic mass is 9.94. The van der Waals surface area contributed by atoms with Crippen molar-refractivity contribution in [3.8, 4) is 0 Å². The highest BCUT2D eigenvalue weighted by Crippen LogP contribution is 2.29. The smallest absolute Gasteiger partial charge is 0.110 e. The fraction of sp³-hybridized carbons (Fsp3) is 0.571. The van der Waals surface area contributed by atoms with Crippen molar-refractivity contribution in [1.82, 2.24) is 9.88 Å². The molecule has 2 aromatic rings. The van der Waals surface area contributed by atoms with Crippen LogP contribution in [-0.4, -0.2) is 28.6 Å². The zero-order valence-electron chi connectivity index (χ0n) is 15.8. The van der Waals surface area contributed by atoms with Crippen molar-refractivity contribution < 1.29 is 4.39 Å². The second-order valence-electron chi connectivity index (χ2n) is 7.05. The molecule has 1 aliphatic rings. The SMILES string of the molecule is CC.CC(C)c1nccc2c(CN3CCC(C)(F)CC3)cccc12. The van der Waals surface area contributed by atoms with Crippen molar-refractivity contribution in [2.75, 3.05) is 13.1 Å². The van der Waals surface area contributed by atoms with Crippen LogP contribution < -0.4 is 0 Å². The summed E-state index contributed by atoms with van der Waals surface area (Å²) < 4.78 is 13.9. The number of alkyl halides is 1. The summed E-state index contributed by atoms with van der Waals surface area (Å²) >= 11 is 0. The molecule has 3 heteroatoms. The predicted molar refractivity (Wildman–Crippen MR) is 101 cm³/mol. The minimum atomic E-state index is -0.982. The largest absolute Gasteiger partial charge is 0.299 e. The van der Waals surface area contributed by atoms with Crippen molar-refractivity contribution in [2.24, 2.45) is 0 Å². The molecule has 1 aromatic heterocycles. The lowest BCUT2D eigenvalue weighted by Gasteiger charge is -2.34. The van der Waals surface area contributed by atoms with Crippen molar-refractivity contribution in [3.05, 3.63) is 41.7 Å². The van der Waals surface area contributed by atoms with Crippen molar-refractivity contribution >= 4 is 10.8 Å². The third-order valence-corrected chi connectivity index (χ3v) is 4.77. The fourth-order valence-electron chi connectivity index (χ4n) is 3.31. The molecule has 0 unspecified atom stereocenters. The first-order valence-electron chi connectivity index (χ1n) is 9.24. The van der Waals surface area contributed by atoms with Crippen LogP contribution in [-0.2, 0) is 6.54 Å². The third kappa shape index (κ3) is 4.32. The zero-order valence-corrected chi connectivity index (χ0v) is 15.8. The van der Waals surface area contributed by atoms with E-state index in [2.05, 4.69) is 48.0 Å². The van der Waals surface area contributed by atoms with Gasteiger partial charge in [0.1, 0.15) is 5.67 Å². The molecule has 1 saturated heterocycles. The minimum absolute atomic E-state index is 0.418. The number of nitrogens with zero attached hydrogens (tertiary/aromatic N) is 2. The van der Waals surface area contributed by atoms with Gasteiger partial charge in [-0.1, -0.05) is 45.9 Å². The van der Waals surface area contributed by atoms with Crippen LogP contribution in [0.4, 0.5) is 4.39 Å². The average molecular weight is 330 g/mol. The zero-order chi connectivity index (χ0) is 17.7. The molecule has 3 rings (SSSR count). The molecule has 0 bridgehead atoms. The molecule has 0 saturated carbocycles. The Balaban J connectivity index is 0.00000100. The van der Waals surface area contributed by atoms with Crippen LogP contribution in [0.3, 0.4) is 0 Å². The second kappa shape index (κ2) is 8.06. The average Bonchev–Trinajstić information content (AvgIpc) is 2.58. The number of benzene rings is 1. The van der Waals surface area contributed by atoms with Gasteiger partial charge in [0.25, 0.3) is 0 Å². The van der Waals surface area contributed by atoms with Crippen LogP contribution in [0.15, 0.2) is 30.5 Å². The summed E-state index contributed by atoms with van der Waals surface area (Å²) in [6.07, 6.45) is 3.18. The fourth-order valence-corrected chi connectivity index (χ4v) is 3.31. The van der Waals surface area contributed by atoms with Crippen LogP contribution in [0.5, 0.6) is 0 Å². The molecule has 0 aliphatic carbocycles. The molecule has 1 fully saturated rings. The molecule has 0 spiro atoms. The lowest BCUT2D eigenvalue weighted by molar-refractivity contribution is 0.0707. The molecule has 1 aromatic carbocycles. The van der Waals surface area contributed by atoms with Gasteiger partial charge in [0.2, 0.25) is 0 Å². The van der Waals surface area contributed by atoms with Gasteiger partial charge in [-0.15, -0.1) is 0 Å². The number of rotatable bonds is 3. The van der Waals surface area contributed by atoms with Crippen LogP contribution in [0.25, 0.3) is 10.8 Å². The molecule has 1 aliphatic heterocycles. The van der Waals surface area contributed by atoms with Crippen molar-refractivity contribution in [3.63, 3.8) is 0 Å². The molecule has 0 amide bonds. The van der Waals surface area contributed by atoms with Crippen molar-refractivity contribution in [2.45, 2.75) is 65.6 Å². The van der Waals surface area contributed by atoms with E-state index in [-0.39, 0.29) is 0 Å². The molecule has 0 radical (unpaired) electrons. The number of halogens is 1. The summed E-state index contributed by atoms with van der Waals surface area (Å²) in [7, 11) is 0. The number of hydrogen-bond donors (Lipinski definition) is 0. The maximum absolute atomic E-state index is 13.9. The quantitative estimate of drug-likeness (QED) is 0.716. The van der Waals surface area contributed by atoms with E-state index in [1.54, 1.807) is 6.92 Å². The van der Waals surface area contributed by atoms with E-state index in [0.717, 1.165) is 25.3 Å². The van der Waals surface area contributed by atoms with Gasteiger partial charge >= 0.3 is 0 Å². The van der Waals surface area contributed by atoms with Gasteiger partial charge in [-0.05, 0) is 42.7 Å². The van der Waals surface area contributed by atoms with Crippen LogP contribution >= 0.6 is 0 Å². The molecule has 2 heterocycles. The Morgan fingerprint density at radius 1 is 1.12 bits per heavy atom. The minimum Gasteiger partial charge on any atom is -0.299 e. The van der Waals surface area contributed by atoms with E-state index < -0.39 is 5.67 Å². The maximum atomic E-state index is 13.9. The van der Waals surface area contributed by atoms with Gasteiger partial charge in [-0.3, -0.25) is 9.88 Å². The van der Waals surface area contributed by atoms with E-state index >= 15 is 0 Å². The summed E-state index contributed by atoms with van der Waals surface area (Å²) in [4.78, 5) is 6.92. The molecule has 2 nitrogen and oxygen atoms in total. The lowest BCUT2D eigenvalue weighted by Crippen LogP contribution is -2.39. The highest BCUT2D eigenvalue weighted by atomic mass is 19.1. The first-order valence-corrected chi connectivity index (χ1v) is 9.24. The monoisotopic (exact) mass is 330 g/mol. The number of fused-ring (bicyclic) bond motifs is 1. The Labute approximate surface area is 146 Å². The predicted octanol–water partition coefficient (Wildman–Crippen LogP) is 5.71. The molecule has 0 atom stereocenters. The Hall–Kier alpha value is -1.48. The topological polar surface area (TPSA) is 16.1 Å². The molecular weight excluding hydrogens is 299 g/mol. The number of pyridine rings is 1. The van der Waals surface area contributed by atoms with E-state index in [1.807, 2.05) is 20.0 Å². The molecular formula is C21H31FN2. The van der Waals surface area contributed by atoms with E-state index in [4.69, 9.17) is 0 Å². The number of piperidine rings is 1. The Bertz CT molecular complexity index is 654. The van der Waals surface area contributed by atoms with Gasteiger partial charge in [-0.2, -0.15) is 0 Å². The van der Waals surface area contributed by atoms with Crippen molar-refractivity contribution in [1.29, 1.82) is 0 Å². The highest BCUT2D eigenvalue weighted by molar-refractivity contribution is 5.87. The summed E-state index contributed by atoms with van der Waals surface area (Å²) in [6, 6.07) is 8.58. The standard InChI is InChI=1S/C19H25FN2.C2H6/c1-14(2)18-17-6-4-5-15(16(17)7-10-21-18)13-22-11-8-19(3,20)9-12-22;1-2/h4-7,10,14H,8-9,11-13H2,1-3H3;1-2H3. The number of aromatic nitrogens is 1. The Morgan fingerprint density at radius 2 is 1.79 bits per heavy atom. The van der Waals surface area contributed by atoms with Gasteiger partial charge in [0.05, 0.1) is 5.69 Å². The Kier molecular flexibility index (Phi) is 6.34. The van der Waals surface area contributed by atoms with Crippen LogP contribution in [0, 0.1) is 0 Å². The number of likely N-dealkylation sites (tertiary alicyclic amines) is 1. The summed E-state index contributed by atoms with van der Waals surface area (Å²) in [5, 5.41) is 2.54. The molecule has 24 heavy (non-hydrogen) atoms. The second-order valence-corrected chi connectivity index (χ2v) is 7.05. The van der Waals surface area contributed by atoms with E-state index in [1.165, 1.54) is 16.3 Å².